The topological polar surface area (TPSA) is 24.5 Å². The first-order chi connectivity index (χ1) is 8.34. The second-order valence-electron chi connectivity index (χ2n) is 4.19. The molecule has 0 amide bonds. The minimum absolute atomic E-state index is 0.899. The molecule has 0 aliphatic carbocycles. The molecule has 1 aliphatic rings. The Morgan fingerprint density at radius 1 is 1.35 bits per heavy atom. The molecular formula is C12H19BrN2OS. The maximum Gasteiger partial charge on any atom is 0.0701 e. The van der Waals surface area contributed by atoms with Gasteiger partial charge in [0.25, 0.3) is 0 Å². The van der Waals surface area contributed by atoms with Gasteiger partial charge in [0.1, 0.15) is 0 Å². The van der Waals surface area contributed by atoms with Gasteiger partial charge in [0.2, 0.25) is 0 Å². The van der Waals surface area contributed by atoms with E-state index in [0.717, 1.165) is 39.4 Å². The maximum atomic E-state index is 5.33. The minimum Gasteiger partial charge on any atom is -0.379 e. The molecule has 0 aromatic carbocycles. The van der Waals surface area contributed by atoms with Crippen molar-refractivity contribution in [2.75, 3.05) is 39.4 Å². The van der Waals surface area contributed by atoms with Crippen molar-refractivity contribution in [3.05, 3.63) is 20.8 Å². The molecule has 0 bridgehead atoms. The molecular weight excluding hydrogens is 300 g/mol. The fourth-order valence-corrected chi connectivity index (χ4v) is 3.36. The number of morpholine rings is 1. The van der Waals surface area contributed by atoms with Crippen LogP contribution in [0.25, 0.3) is 0 Å². The van der Waals surface area contributed by atoms with Crippen LogP contribution in [0.4, 0.5) is 0 Å². The number of thiophene rings is 1. The number of nitrogens with zero attached hydrogens (tertiary/aromatic N) is 1. The summed E-state index contributed by atoms with van der Waals surface area (Å²) < 4.78 is 6.54. The zero-order valence-corrected chi connectivity index (χ0v) is 12.4. The third kappa shape index (κ3) is 5.06. The molecule has 0 saturated carbocycles. The average molecular weight is 319 g/mol. The number of hydrogen-bond donors (Lipinski definition) is 1. The summed E-state index contributed by atoms with van der Waals surface area (Å²) in [6.45, 7) is 7.25. The molecule has 1 aromatic rings. The van der Waals surface area contributed by atoms with Crippen LogP contribution in [0.2, 0.25) is 0 Å². The van der Waals surface area contributed by atoms with Crippen LogP contribution in [0.3, 0.4) is 0 Å². The van der Waals surface area contributed by atoms with E-state index >= 15 is 0 Å². The highest BCUT2D eigenvalue weighted by atomic mass is 79.9. The first-order valence-electron chi connectivity index (χ1n) is 6.09. The fourth-order valence-electron chi connectivity index (χ4n) is 1.91. The van der Waals surface area contributed by atoms with Gasteiger partial charge in [0, 0.05) is 24.5 Å². The van der Waals surface area contributed by atoms with Gasteiger partial charge < -0.3 is 10.1 Å². The Morgan fingerprint density at radius 3 is 2.88 bits per heavy atom. The lowest BCUT2D eigenvalue weighted by molar-refractivity contribution is 0.0374. The predicted octanol–water partition coefficient (Wildman–Crippen LogP) is 2.32. The molecule has 2 heterocycles. The van der Waals surface area contributed by atoms with Crippen molar-refractivity contribution in [1.29, 1.82) is 0 Å². The summed E-state index contributed by atoms with van der Waals surface area (Å²) in [6, 6.07) is 4.28. The van der Waals surface area contributed by atoms with E-state index in [-0.39, 0.29) is 0 Å². The van der Waals surface area contributed by atoms with Gasteiger partial charge in [0.05, 0.1) is 17.0 Å². The number of nitrogens with one attached hydrogen (secondary N) is 1. The van der Waals surface area contributed by atoms with Crippen LogP contribution in [0.5, 0.6) is 0 Å². The van der Waals surface area contributed by atoms with Crippen LogP contribution in [0, 0.1) is 0 Å². The Morgan fingerprint density at radius 2 is 2.18 bits per heavy atom. The lowest BCUT2D eigenvalue weighted by atomic mass is 10.3. The van der Waals surface area contributed by atoms with Gasteiger partial charge in [-0.3, -0.25) is 4.90 Å². The lowest BCUT2D eigenvalue weighted by Gasteiger charge is -2.26. The van der Waals surface area contributed by atoms with E-state index in [9.17, 15) is 0 Å². The highest BCUT2D eigenvalue weighted by Crippen LogP contribution is 2.21. The first kappa shape index (κ1) is 13.5. The molecule has 17 heavy (non-hydrogen) atoms. The van der Waals surface area contributed by atoms with E-state index in [1.54, 1.807) is 11.3 Å². The highest BCUT2D eigenvalue weighted by Gasteiger charge is 2.08. The maximum absolute atomic E-state index is 5.33. The summed E-state index contributed by atoms with van der Waals surface area (Å²) in [5.74, 6) is 0. The molecule has 0 spiro atoms. The molecule has 5 heteroatoms. The SMILES string of the molecule is Brc1ccc(CNCCCN2CCOCC2)s1. The Balaban J connectivity index is 1.51. The van der Waals surface area contributed by atoms with Crippen molar-refractivity contribution in [2.24, 2.45) is 0 Å². The molecule has 1 N–H and O–H groups in total. The number of ether oxygens (including phenoxy) is 1. The third-order valence-corrected chi connectivity index (χ3v) is 4.48. The van der Waals surface area contributed by atoms with Crippen molar-refractivity contribution in [1.82, 2.24) is 10.2 Å². The van der Waals surface area contributed by atoms with E-state index in [1.807, 2.05) is 0 Å². The molecule has 0 radical (unpaired) electrons. The van der Waals surface area contributed by atoms with Crippen LogP contribution in [0.1, 0.15) is 11.3 Å². The van der Waals surface area contributed by atoms with E-state index in [2.05, 4.69) is 38.3 Å². The summed E-state index contributed by atoms with van der Waals surface area (Å²) in [5, 5.41) is 3.49. The predicted molar refractivity (Wildman–Crippen MR) is 75.6 cm³/mol. The molecule has 1 aliphatic heterocycles. The number of halogens is 1. The van der Waals surface area contributed by atoms with Crippen LogP contribution in [-0.2, 0) is 11.3 Å². The summed E-state index contributed by atoms with van der Waals surface area (Å²) in [7, 11) is 0. The quantitative estimate of drug-likeness (QED) is 0.815. The van der Waals surface area contributed by atoms with Crippen molar-refractivity contribution in [3.63, 3.8) is 0 Å². The number of hydrogen-bond acceptors (Lipinski definition) is 4. The van der Waals surface area contributed by atoms with Gasteiger partial charge >= 0.3 is 0 Å². The van der Waals surface area contributed by atoms with Gasteiger partial charge in [-0.1, -0.05) is 0 Å². The first-order valence-corrected chi connectivity index (χ1v) is 7.70. The van der Waals surface area contributed by atoms with Gasteiger partial charge in [0.15, 0.2) is 0 Å². The number of rotatable bonds is 6. The van der Waals surface area contributed by atoms with Crippen molar-refractivity contribution in [3.8, 4) is 0 Å². The zero-order chi connectivity index (χ0) is 11.9. The van der Waals surface area contributed by atoms with E-state index in [0.29, 0.717) is 0 Å². The second kappa shape index (κ2) is 7.48. The smallest absolute Gasteiger partial charge is 0.0701 e. The lowest BCUT2D eigenvalue weighted by Crippen LogP contribution is -2.37. The van der Waals surface area contributed by atoms with Crippen LogP contribution in [-0.4, -0.2) is 44.3 Å². The third-order valence-electron chi connectivity index (χ3n) is 2.86. The fraction of sp³-hybridized carbons (Fsp3) is 0.667. The molecule has 0 atom stereocenters. The van der Waals surface area contributed by atoms with E-state index in [4.69, 9.17) is 4.74 Å². The van der Waals surface area contributed by atoms with Crippen molar-refractivity contribution >= 4 is 27.3 Å². The average Bonchev–Trinajstić information content (AvgIpc) is 2.76. The van der Waals surface area contributed by atoms with Crippen molar-refractivity contribution < 1.29 is 4.74 Å². The Bertz CT molecular complexity index is 326. The Hall–Kier alpha value is 0.0600. The Kier molecular flexibility index (Phi) is 5.94. The standard InChI is InChI=1S/C12H19BrN2OS/c13-12-3-2-11(17-12)10-14-4-1-5-15-6-8-16-9-7-15/h2-3,14H,1,4-10H2. The summed E-state index contributed by atoms with van der Waals surface area (Å²) in [6.07, 6.45) is 1.21. The highest BCUT2D eigenvalue weighted by molar-refractivity contribution is 9.11. The second-order valence-corrected chi connectivity index (χ2v) is 6.74. The summed E-state index contributed by atoms with van der Waals surface area (Å²) >= 11 is 5.28. The summed E-state index contributed by atoms with van der Waals surface area (Å²) in [4.78, 5) is 3.87. The van der Waals surface area contributed by atoms with Crippen LogP contribution >= 0.6 is 27.3 Å². The van der Waals surface area contributed by atoms with Gasteiger partial charge in [-0.15, -0.1) is 11.3 Å². The van der Waals surface area contributed by atoms with Crippen LogP contribution in [0.15, 0.2) is 15.9 Å². The normalized spacial score (nSPS) is 17.5. The molecule has 3 nitrogen and oxygen atoms in total. The molecule has 1 aromatic heterocycles. The van der Waals surface area contributed by atoms with E-state index < -0.39 is 0 Å². The van der Waals surface area contributed by atoms with Crippen molar-refractivity contribution in [2.45, 2.75) is 13.0 Å². The van der Waals surface area contributed by atoms with Gasteiger partial charge in [-0.2, -0.15) is 0 Å². The Labute approximate surface area is 115 Å². The zero-order valence-electron chi connectivity index (χ0n) is 9.95. The molecule has 1 saturated heterocycles. The minimum atomic E-state index is 0.899. The van der Waals surface area contributed by atoms with Crippen LogP contribution < -0.4 is 5.32 Å². The van der Waals surface area contributed by atoms with Gasteiger partial charge in [-0.05, 0) is 47.6 Å². The van der Waals surface area contributed by atoms with Gasteiger partial charge in [-0.25, -0.2) is 0 Å². The molecule has 2 rings (SSSR count). The monoisotopic (exact) mass is 318 g/mol. The molecule has 1 fully saturated rings. The largest absolute Gasteiger partial charge is 0.379 e. The molecule has 0 unspecified atom stereocenters. The molecule has 96 valence electrons. The van der Waals surface area contributed by atoms with E-state index in [1.165, 1.54) is 21.6 Å². The summed E-state index contributed by atoms with van der Waals surface area (Å²) in [5.41, 5.74) is 0.